The Bertz CT molecular complexity index is 756. The van der Waals surface area contributed by atoms with Gasteiger partial charge in [0, 0.05) is 26.1 Å². The van der Waals surface area contributed by atoms with E-state index in [-0.39, 0.29) is 35.0 Å². The molecule has 9 heteroatoms. The SMILES string of the molecule is COc1ccc(S(=O)(=O)NC(C)(C)CCC(=O)O)cc1C(=O)N(C)C. The summed E-state index contributed by atoms with van der Waals surface area (Å²) in [6.07, 6.45) is -0.0380. The van der Waals surface area contributed by atoms with E-state index in [4.69, 9.17) is 9.84 Å². The van der Waals surface area contributed by atoms with Gasteiger partial charge in [0.15, 0.2) is 0 Å². The first kappa shape index (κ1) is 20.9. The maximum absolute atomic E-state index is 12.6. The van der Waals surface area contributed by atoms with E-state index in [0.717, 1.165) is 0 Å². The highest BCUT2D eigenvalue weighted by Gasteiger charge is 2.28. The predicted molar refractivity (Wildman–Crippen MR) is 92.3 cm³/mol. The van der Waals surface area contributed by atoms with Crippen LogP contribution in [-0.2, 0) is 14.8 Å². The van der Waals surface area contributed by atoms with Gasteiger partial charge in [0.1, 0.15) is 5.75 Å². The van der Waals surface area contributed by atoms with Gasteiger partial charge in [0.05, 0.1) is 17.6 Å². The van der Waals surface area contributed by atoms with Crippen molar-refractivity contribution in [1.29, 1.82) is 0 Å². The Morgan fingerprint density at radius 2 is 1.88 bits per heavy atom. The van der Waals surface area contributed by atoms with E-state index in [1.807, 2.05) is 0 Å². The summed E-state index contributed by atoms with van der Waals surface area (Å²) in [7, 11) is 0.554. The molecule has 0 aromatic heterocycles. The highest BCUT2D eigenvalue weighted by molar-refractivity contribution is 7.89. The third kappa shape index (κ3) is 5.71. The van der Waals surface area contributed by atoms with Gasteiger partial charge >= 0.3 is 5.97 Å². The van der Waals surface area contributed by atoms with E-state index in [1.54, 1.807) is 27.9 Å². The van der Waals surface area contributed by atoms with Crippen LogP contribution < -0.4 is 9.46 Å². The van der Waals surface area contributed by atoms with Crippen LogP contribution in [-0.4, -0.2) is 57.0 Å². The van der Waals surface area contributed by atoms with Crippen molar-refractivity contribution in [3.8, 4) is 5.75 Å². The lowest BCUT2D eigenvalue weighted by Gasteiger charge is -2.25. The van der Waals surface area contributed by atoms with Crippen LogP contribution in [0.15, 0.2) is 23.1 Å². The molecule has 1 aromatic rings. The van der Waals surface area contributed by atoms with Gasteiger partial charge in [-0.3, -0.25) is 9.59 Å². The lowest BCUT2D eigenvalue weighted by Crippen LogP contribution is -2.43. The van der Waals surface area contributed by atoms with Crippen molar-refractivity contribution in [1.82, 2.24) is 9.62 Å². The fourth-order valence-corrected chi connectivity index (χ4v) is 3.62. The first-order valence-electron chi connectivity index (χ1n) is 7.55. The predicted octanol–water partition coefficient (Wildman–Crippen LogP) is 1.32. The summed E-state index contributed by atoms with van der Waals surface area (Å²) in [5, 5.41) is 8.77. The number of hydrogen-bond donors (Lipinski definition) is 2. The molecule has 1 rings (SSSR count). The van der Waals surface area contributed by atoms with Crippen molar-refractivity contribution in [3.05, 3.63) is 23.8 Å². The molecule has 0 aliphatic rings. The van der Waals surface area contributed by atoms with E-state index < -0.39 is 21.5 Å². The number of carboxylic acid groups (broad SMARTS) is 1. The fourth-order valence-electron chi connectivity index (χ4n) is 2.16. The van der Waals surface area contributed by atoms with Gasteiger partial charge in [-0.25, -0.2) is 13.1 Å². The van der Waals surface area contributed by atoms with Gasteiger partial charge in [-0.05, 0) is 38.5 Å². The molecule has 0 heterocycles. The number of amides is 1. The highest BCUT2D eigenvalue weighted by Crippen LogP contribution is 2.25. The maximum Gasteiger partial charge on any atom is 0.303 e. The van der Waals surface area contributed by atoms with Crippen molar-refractivity contribution in [2.75, 3.05) is 21.2 Å². The lowest BCUT2D eigenvalue weighted by molar-refractivity contribution is -0.137. The molecule has 140 valence electrons. The largest absolute Gasteiger partial charge is 0.496 e. The second-order valence-corrected chi connectivity index (χ2v) is 8.13. The molecule has 0 atom stereocenters. The van der Waals surface area contributed by atoms with Crippen LogP contribution in [0.1, 0.15) is 37.0 Å². The molecule has 0 aliphatic carbocycles. The van der Waals surface area contributed by atoms with Crippen LogP contribution >= 0.6 is 0 Å². The van der Waals surface area contributed by atoms with Crippen LogP contribution in [0.25, 0.3) is 0 Å². The van der Waals surface area contributed by atoms with E-state index >= 15 is 0 Å². The molecule has 0 unspecified atom stereocenters. The van der Waals surface area contributed by atoms with E-state index in [2.05, 4.69) is 4.72 Å². The van der Waals surface area contributed by atoms with Crippen LogP contribution in [0.3, 0.4) is 0 Å². The molecule has 0 saturated heterocycles. The summed E-state index contributed by atoms with van der Waals surface area (Å²) >= 11 is 0. The second-order valence-electron chi connectivity index (χ2n) is 6.44. The van der Waals surface area contributed by atoms with E-state index in [0.29, 0.717) is 0 Å². The summed E-state index contributed by atoms with van der Waals surface area (Å²) < 4.78 is 32.8. The average molecular weight is 372 g/mol. The monoisotopic (exact) mass is 372 g/mol. The second kappa shape index (κ2) is 7.83. The number of methoxy groups -OCH3 is 1. The molecule has 0 radical (unpaired) electrons. The molecule has 2 N–H and O–H groups in total. The molecule has 0 bridgehead atoms. The molecule has 1 aromatic carbocycles. The number of benzene rings is 1. The van der Waals surface area contributed by atoms with Gasteiger partial charge in [-0.1, -0.05) is 0 Å². The molecule has 25 heavy (non-hydrogen) atoms. The van der Waals surface area contributed by atoms with Gasteiger partial charge in [0.25, 0.3) is 5.91 Å². The van der Waals surface area contributed by atoms with Gasteiger partial charge < -0.3 is 14.7 Å². The Kier molecular flexibility index (Phi) is 6.55. The number of carbonyl (C=O) groups is 2. The maximum atomic E-state index is 12.6. The molecular formula is C16H24N2O6S. The van der Waals surface area contributed by atoms with Crippen molar-refractivity contribution in [2.45, 2.75) is 37.1 Å². The van der Waals surface area contributed by atoms with Crippen molar-refractivity contribution in [3.63, 3.8) is 0 Å². The standard InChI is InChI=1S/C16H24N2O6S/c1-16(2,9-8-14(19)20)17-25(22,23)11-6-7-13(24-5)12(10-11)15(21)18(3)4/h6-7,10,17H,8-9H2,1-5H3,(H,19,20). The quantitative estimate of drug-likeness (QED) is 0.711. The minimum atomic E-state index is -3.94. The summed E-state index contributed by atoms with van der Waals surface area (Å²) in [6, 6.07) is 3.99. The first-order chi connectivity index (χ1) is 11.4. The van der Waals surface area contributed by atoms with Crippen molar-refractivity contribution >= 4 is 21.9 Å². The zero-order valence-electron chi connectivity index (χ0n) is 15.0. The number of nitrogens with zero attached hydrogens (tertiary/aromatic N) is 1. The number of sulfonamides is 1. The Hall–Kier alpha value is -2.13. The molecule has 0 spiro atoms. The minimum Gasteiger partial charge on any atom is -0.496 e. The summed E-state index contributed by atoms with van der Waals surface area (Å²) in [6.45, 7) is 3.20. The Labute approximate surface area is 147 Å². The molecule has 0 saturated carbocycles. The normalized spacial score (nSPS) is 11.9. The number of carboxylic acids is 1. The first-order valence-corrected chi connectivity index (χ1v) is 9.03. The van der Waals surface area contributed by atoms with Gasteiger partial charge in [-0.2, -0.15) is 0 Å². The van der Waals surface area contributed by atoms with Crippen molar-refractivity contribution < 1.29 is 27.9 Å². The van der Waals surface area contributed by atoms with Crippen LogP contribution in [0.2, 0.25) is 0 Å². The molecular weight excluding hydrogens is 348 g/mol. The molecule has 0 fully saturated rings. The molecule has 1 amide bonds. The number of aliphatic carboxylic acids is 1. The zero-order chi connectivity index (χ0) is 19.4. The number of nitrogens with one attached hydrogen (secondary N) is 1. The van der Waals surface area contributed by atoms with E-state index in [9.17, 15) is 18.0 Å². The summed E-state index contributed by atoms with van der Waals surface area (Å²) in [4.78, 5) is 24.2. The topological polar surface area (TPSA) is 113 Å². The summed E-state index contributed by atoms with van der Waals surface area (Å²) in [5.41, 5.74) is -0.832. The minimum absolute atomic E-state index is 0.0955. The van der Waals surface area contributed by atoms with Crippen molar-refractivity contribution in [2.24, 2.45) is 0 Å². The van der Waals surface area contributed by atoms with Crippen LogP contribution in [0.4, 0.5) is 0 Å². The van der Waals surface area contributed by atoms with Crippen LogP contribution in [0.5, 0.6) is 5.75 Å². The number of hydrogen-bond acceptors (Lipinski definition) is 5. The number of carbonyl (C=O) groups excluding carboxylic acids is 1. The number of ether oxygens (including phenoxy) is 1. The van der Waals surface area contributed by atoms with E-state index in [1.165, 1.54) is 30.2 Å². The Morgan fingerprint density at radius 3 is 2.36 bits per heavy atom. The summed E-state index contributed by atoms with van der Waals surface area (Å²) in [5.74, 6) is -1.13. The van der Waals surface area contributed by atoms with Crippen LogP contribution in [0, 0.1) is 0 Å². The zero-order valence-corrected chi connectivity index (χ0v) is 15.8. The Balaban J connectivity index is 3.19. The molecule has 8 nitrogen and oxygen atoms in total. The average Bonchev–Trinajstić information content (AvgIpc) is 2.50. The lowest BCUT2D eigenvalue weighted by atomic mass is 10.0. The third-order valence-electron chi connectivity index (χ3n) is 3.49. The smallest absolute Gasteiger partial charge is 0.303 e. The fraction of sp³-hybridized carbons (Fsp3) is 0.500. The molecule has 0 aliphatic heterocycles. The Morgan fingerprint density at radius 1 is 1.28 bits per heavy atom. The number of rotatable bonds is 8. The third-order valence-corrected chi connectivity index (χ3v) is 5.19. The highest BCUT2D eigenvalue weighted by atomic mass is 32.2. The van der Waals surface area contributed by atoms with Gasteiger partial charge in [-0.15, -0.1) is 0 Å². The van der Waals surface area contributed by atoms with Gasteiger partial charge in [0.2, 0.25) is 10.0 Å².